The molecule has 0 spiro atoms. The monoisotopic (exact) mass is 289 g/mol. The second-order valence-electron chi connectivity index (χ2n) is 5.18. The summed E-state index contributed by atoms with van der Waals surface area (Å²) >= 11 is 6.04. The van der Waals surface area contributed by atoms with Gasteiger partial charge in [-0.05, 0) is 54.7 Å². The number of hydrogen-bond acceptors (Lipinski definition) is 3. The predicted molar refractivity (Wildman–Crippen MR) is 84.7 cm³/mol. The zero-order valence-corrected chi connectivity index (χ0v) is 12.7. The van der Waals surface area contributed by atoms with Crippen molar-refractivity contribution in [1.82, 2.24) is 9.97 Å². The largest absolute Gasteiger partial charge is 0.313 e. The van der Waals surface area contributed by atoms with E-state index in [9.17, 15) is 0 Å². The molecule has 20 heavy (non-hydrogen) atoms. The first-order chi connectivity index (χ1) is 9.69. The molecule has 0 aliphatic carbocycles. The van der Waals surface area contributed by atoms with E-state index in [4.69, 9.17) is 22.0 Å². The molecule has 0 amide bonds. The molecule has 1 N–H and O–H groups in total. The topological polar surface area (TPSA) is 49.6 Å². The van der Waals surface area contributed by atoms with Crippen LogP contribution in [-0.4, -0.2) is 16.2 Å². The minimum Gasteiger partial charge on any atom is -0.313 e. The quantitative estimate of drug-likeness (QED) is 0.627. The van der Waals surface area contributed by atoms with Crippen molar-refractivity contribution in [2.24, 2.45) is 5.92 Å². The summed E-state index contributed by atoms with van der Waals surface area (Å²) in [6.07, 6.45) is 5.25. The van der Waals surface area contributed by atoms with Crippen LogP contribution in [0.5, 0.6) is 0 Å². The smallest absolute Gasteiger partial charge is 0.0930 e. The van der Waals surface area contributed by atoms with Crippen molar-refractivity contribution < 1.29 is 0 Å². The molecule has 0 radical (unpaired) electrons. The van der Waals surface area contributed by atoms with Crippen LogP contribution in [0.15, 0.2) is 24.4 Å². The summed E-state index contributed by atoms with van der Waals surface area (Å²) in [7, 11) is 0. The fraction of sp³-hybridized carbons (Fsp3) is 0.438. The number of halogens is 1. The fourth-order valence-corrected chi connectivity index (χ4v) is 2.64. The van der Waals surface area contributed by atoms with Gasteiger partial charge in [-0.15, -0.1) is 11.6 Å². The van der Waals surface area contributed by atoms with Crippen molar-refractivity contribution in [3.05, 3.63) is 35.7 Å². The molecule has 0 saturated heterocycles. The molecule has 0 aliphatic heterocycles. The van der Waals surface area contributed by atoms with E-state index in [-0.39, 0.29) is 0 Å². The molecular weight excluding hydrogens is 270 g/mol. The van der Waals surface area contributed by atoms with Crippen molar-refractivity contribution in [3.63, 3.8) is 0 Å². The number of rotatable bonds is 6. The van der Waals surface area contributed by atoms with E-state index in [2.05, 4.69) is 24.9 Å². The normalized spacial score (nSPS) is 14.2. The number of pyridine rings is 2. The number of nitrogens with zero attached hydrogens (tertiary/aromatic N) is 2. The van der Waals surface area contributed by atoms with Gasteiger partial charge in [-0.1, -0.05) is 13.8 Å². The highest BCUT2D eigenvalue weighted by Gasteiger charge is 2.15. The molecule has 2 aromatic rings. The first-order valence-corrected chi connectivity index (χ1v) is 7.54. The van der Waals surface area contributed by atoms with Crippen LogP contribution in [-0.2, 0) is 5.88 Å². The first-order valence-electron chi connectivity index (χ1n) is 7.00. The van der Waals surface area contributed by atoms with Gasteiger partial charge in [-0.3, -0.25) is 9.97 Å². The molecule has 2 aromatic heterocycles. The SMILES string of the molecule is CCC(C=N)CC(C)c1cc(CCl)c2ncccc2n1. The third-order valence-corrected chi connectivity index (χ3v) is 4.02. The molecule has 106 valence electrons. The zero-order chi connectivity index (χ0) is 14.5. The van der Waals surface area contributed by atoms with E-state index in [1.54, 1.807) is 12.4 Å². The molecule has 4 heteroatoms. The van der Waals surface area contributed by atoms with Crippen LogP contribution >= 0.6 is 11.6 Å². The van der Waals surface area contributed by atoms with Crippen LogP contribution in [0.25, 0.3) is 11.0 Å². The number of alkyl halides is 1. The van der Waals surface area contributed by atoms with Crippen LogP contribution in [0.2, 0.25) is 0 Å². The average Bonchev–Trinajstić information content (AvgIpc) is 2.51. The summed E-state index contributed by atoms with van der Waals surface area (Å²) < 4.78 is 0. The van der Waals surface area contributed by atoms with Gasteiger partial charge in [0, 0.05) is 17.8 Å². The van der Waals surface area contributed by atoms with Gasteiger partial charge in [-0.2, -0.15) is 0 Å². The summed E-state index contributed by atoms with van der Waals surface area (Å²) in [6.45, 7) is 4.28. The number of nitrogens with one attached hydrogen (secondary N) is 1. The maximum absolute atomic E-state index is 7.45. The van der Waals surface area contributed by atoms with Crippen LogP contribution in [0.3, 0.4) is 0 Å². The summed E-state index contributed by atoms with van der Waals surface area (Å²) in [5.41, 5.74) is 3.86. The Labute approximate surface area is 124 Å². The zero-order valence-electron chi connectivity index (χ0n) is 11.9. The van der Waals surface area contributed by atoms with Crippen molar-refractivity contribution in [3.8, 4) is 0 Å². The van der Waals surface area contributed by atoms with Gasteiger partial charge in [0.1, 0.15) is 0 Å². The standard InChI is InChI=1S/C16H20ClN3/c1-3-12(10-18)7-11(2)15-8-13(9-17)16-14(20-15)5-4-6-19-16/h4-6,8,10-12,18H,3,7,9H2,1-2H3. The van der Waals surface area contributed by atoms with E-state index in [0.717, 1.165) is 35.1 Å². The van der Waals surface area contributed by atoms with Crippen molar-refractivity contribution in [2.45, 2.75) is 38.5 Å². The second kappa shape index (κ2) is 6.80. The van der Waals surface area contributed by atoms with E-state index in [1.165, 1.54) is 0 Å². The molecular formula is C16H20ClN3. The maximum Gasteiger partial charge on any atom is 0.0930 e. The molecule has 2 atom stereocenters. The number of fused-ring (bicyclic) bond motifs is 1. The van der Waals surface area contributed by atoms with Gasteiger partial charge >= 0.3 is 0 Å². The van der Waals surface area contributed by atoms with Gasteiger partial charge in [-0.25, -0.2) is 0 Å². The van der Waals surface area contributed by atoms with E-state index >= 15 is 0 Å². The lowest BCUT2D eigenvalue weighted by molar-refractivity contribution is 0.541. The molecule has 2 heterocycles. The second-order valence-corrected chi connectivity index (χ2v) is 5.45. The Hall–Kier alpha value is -1.48. The van der Waals surface area contributed by atoms with Crippen LogP contribution in [0.4, 0.5) is 0 Å². The molecule has 0 aromatic carbocycles. The molecule has 0 fully saturated rings. The van der Waals surface area contributed by atoms with Crippen LogP contribution < -0.4 is 0 Å². The molecule has 3 nitrogen and oxygen atoms in total. The first kappa shape index (κ1) is 14.9. The van der Waals surface area contributed by atoms with Gasteiger partial charge < -0.3 is 5.41 Å². The summed E-state index contributed by atoms with van der Waals surface area (Å²) in [4.78, 5) is 9.07. The lowest BCUT2D eigenvalue weighted by Gasteiger charge is -2.17. The summed E-state index contributed by atoms with van der Waals surface area (Å²) in [5.74, 6) is 1.07. The lowest BCUT2D eigenvalue weighted by Crippen LogP contribution is -2.08. The molecule has 2 unspecified atom stereocenters. The van der Waals surface area contributed by atoms with E-state index < -0.39 is 0 Å². The van der Waals surface area contributed by atoms with Crippen molar-refractivity contribution >= 4 is 28.8 Å². The Bertz CT molecular complexity index is 597. The van der Waals surface area contributed by atoms with Crippen LogP contribution in [0.1, 0.15) is 43.9 Å². The Morgan fingerprint density at radius 2 is 2.25 bits per heavy atom. The number of hydrogen-bond donors (Lipinski definition) is 1. The average molecular weight is 290 g/mol. The minimum atomic E-state index is 0.313. The van der Waals surface area contributed by atoms with Gasteiger partial charge in [0.15, 0.2) is 0 Å². The molecule has 0 bridgehead atoms. The third kappa shape index (κ3) is 3.15. The Balaban J connectivity index is 2.36. The van der Waals surface area contributed by atoms with Gasteiger partial charge in [0.25, 0.3) is 0 Å². The van der Waals surface area contributed by atoms with E-state index in [0.29, 0.717) is 17.7 Å². The molecule has 0 saturated carbocycles. The maximum atomic E-state index is 7.45. The Kier molecular flexibility index (Phi) is 5.07. The highest BCUT2D eigenvalue weighted by molar-refractivity contribution is 6.17. The van der Waals surface area contributed by atoms with Crippen LogP contribution in [0, 0.1) is 11.3 Å². The predicted octanol–water partition coefficient (Wildman–Crippen LogP) is 4.54. The Morgan fingerprint density at radius 3 is 2.90 bits per heavy atom. The summed E-state index contributed by atoms with van der Waals surface area (Å²) in [5, 5.41) is 7.45. The van der Waals surface area contributed by atoms with E-state index in [1.807, 2.05) is 12.1 Å². The molecule has 2 rings (SSSR count). The highest BCUT2D eigenvalue weighted by Crippen LogP contribution is 2.27. The molecule has 0 aliphatic rings. The van der Waals surface area contributed by atoms with Gasteiger partial charge in [0.05, 0.1) is 11.0 Å². The Morgan fingerprint density at radius 1 is 1.45 bits per heavy atom. The summed E-state index contributed by atoms with van der Waals surface area (Å²) in [6, 6.07) is 5.93. The fourth-order valence-electron chi connectivity index (χ4n) is 2.43. The number of aromatic nitrogens is 2. The lowest BCUT2D eigenvalue weighted by atomic mass is 9.91. The van der Waals surface area contributed by atoms with Gasteiger partial charge in [0.2, 0.25) is 0 Å². The van der Waals surface area contributed by atoms with Crippen molar-refractivity contribution in [2.75, 3.05) is 0 Å². The third-order valence-electron chi connectivity index (χ3n) is 3.73. The highest BCUT2D eigenvalue weighted by atomic mass is 35.5. The minimum absolute atomic E-state index is 0.313. The van der Waals surface area contributed by atoms with Crippen molar-refractivity contribution in [1.29, 1.82) is 5.41 Å².